The molecule has 14 heavy (non-hydrogen) atoms. The summed E-state index contributed by atoms with van der Waals surface area (Å²) in [5.74, 6) is -3.38. The van der Waals surface area contributed by atoms with Gasteiger partial charge in [0.25, 0.3) is 0 Å². The van der Waals surface area contributed by atoms with E-state index in [1.54, 1.807) is 0 Å². The normalized spacial score (nSPS) is 31.9. The highest BCUT2D eigenvalue weighted by Gasteiger charge is 2.59. The fourth-order valence-corrected chi connectivity index (χ4v) is 1.39. The first-order valence-electron chi connectivity index (χ1n) is 3.63. The summed E-state index contributed by atoms with van der Waals surface area (Å²) in [5, 5.41) is 8.57. The van der Waals surface area contributed by atoms with Crippen molar-refractivity contribution in [1.29, 1.82) is 0 Å². The molecule has 78 valence electrons. The van der Waals surface area contributed by atoms with E-state index < -0.39 is 22.9 Å². The zero-order valence-corrected chi connectivity index (χ0v) is 7.51. The van der Waals surface area contributed by atoms with Crippen LogP contribution in [0.1, 0.15) is 0 Å². The highest BCUT2D eigenvalue weighted by Crippen LogP contribution is 2.45. The smallest absolute Gasteiger partial charge is 0.412 e. The quantitative estimate of drug-likeness (QED) is 0.697. The summed E-state index contributed by atoms with van der Waals surface area (Å²) < 4.78 is 37.4. The average molecular weight is 227 g/mol. The minimum absolute atomic E-state index is 0.646. The number of carbonyl (C=O) groups is 1. The zero-order chi connectivity index (χ0) is 11.0. The van der Waals surface area contributed by atoms with Crippen LogP contribution in [-0.2, 0) is 4.79 Å². The number of rotatable bonds is 1. The Balaban J connectivity index is 3.13. The first-order valence-corrected chi connectivity index (χ1v) is 4.01. The van der Waals surface area contributed by atoms with Crippen molar-refractivity contribution in [3.8, 4) is 0 Å². The SMILES string of the molecule is O=C(O)C1C=CC=CC1(Cl)C(F)(F)F. The van der Waals surface area contributed by atoms with E-state index in [1.807, 2.05) is 0 Å². The molecule has 0 aromatic carbocycles. The second kappa shape index (κ2) is 3.31. The molecule has 1 rings (SSSR count). The Bertz CT molecular complexity index is 308. The average Bonchev–Trinajstić information content (AvgIpc) is 2.02. The Morgan fingerprint density at radius 2 is 2.00 bits per heavy atom. The van der Waals surface area contributed by atoms with Gasteiger partial charge in [0.05, 0.1) is 0 Å². The number of halogens is 4. The Morgan fingerprint density at radius 3 is 2.36 bits per heavy atom. The Labute approximate surface area is 82.7 Å². The molecule has 0 fully saturated rings. The second-order valence-corrected chi connectivity index (χ2v) is 3.45. The number of aliphatic carboxylic acids is 1. The lowest BCUT2D eigenvalue weighted by atomic mass is 9.87. The van der Waals surface area contributed by atoms with Gasteiger partial charge in [-0.2, -0.15) is 13.2 Å². The van der Waals surface area contributed by atoms with Crippen LogP contribution >= 0.6 is 11.6 Å². The third-order valence-electron chi connectivity index (χ3n) is 1.91. The van der Waals surface area contributed by atoms with Crippen molar-refractivity contribution >= 4 is 17.6 Å². The van der Waals surface area contributed by atoms with Crippen molar-refractivity contribution < 1.29 is 23.1 Å². The monoisotopic (exact) mass is 226 g/mol. The summed E-state index contributed by atoms with van der Waals surface area (Å²) in [7, 11) is 0. The molecule has 2 unspecified atom stereocenters. The van der Waals surface area contributed by atoms with Gasteiger partial charge in [-0.25, -0.2) is 0 Å². The fraction of sp³-hybridized carbons (Fsp3) is 0.375. The summed E-state index contributed by atoms with van der Waals surface area (Å²) in [4.78, 5) is 7.71. The lowest BCUT2D eigenvalue weighted by molar-refractivity contribution is -0.171. The number of carboxylic acid groups (broad SMARTS) is 1. The van der Waals surface area contributed by atoms with Crippen molar-refractivity contribution in [3.63, 3.8) is 0 Å². The number of hydrogen-bond acceptors (Lipinski definition) is 1. The van der Waals surface area contributed by atoms with E-state index in [4.69, 9.17) is 16.7 Å². The molecular weight excluding hydrogens is 221 g/mol. The molecule has 0 amide bonds. The van der Waals surface area contributed by atoms with Gasteiger partial charge in [-0.1, -0.05) is 24.3 Å². The minimum Gasteiger partial charge on any atom is -0.481 e. The Kier molecular flexibility index (Phi) is 2.63. The summed E-state index contributed by atoms with van der Waals surface area (Å²) in [6.07, 6.45) is -0.917. The molecular formula is C8H6ClF3O2. The van der Waals surface area contributed by atoms with E-state index in [0.29, 0.717) is 6.08 Å². The molecule has 0 aromatic heterocycles. The first-order chi connectivity index (χ1) is 6.29. The third-order valence-corrected chi connectivity index (χ3v) is 2.48. The van der Waals surface area contributed by atoms with Crippen molar-refractivity contribution in [1.82, 2.24) is 0 Å². The maximum Gasteiger partial charge on any atom is 0.412 e. The van der Waals surface area contributed by atoms with Gasteiger partial charge in [-0.15, -0.1) is 11.6 Å². The number of carboxylic acids is 1. The van der Waals surface area contributed by atoms with E-state index in [2.05, 4.69) is 0 Å². The van der Waals surface area contributed by atoms with Crippen LogP contribution in [0, 0.1) is 5.92 Å². The van der Waals surface area contributed by atoms with Gasteiger partial charge in [-0.3, -0.25) is 4.79 Å². The van der Waals surface area contributed by atoms with Gasteiger partial charge in [0.15, 0.2) is 4.87 Å². The van der Waals surface area contributed by atoms with Crippen molar-refractivity contribution in [2.24, 2.45) is 5.92 Å². The summed E-state index contributed by atoms with van der Waals surface area (Å²) in [5.41, 5.74) is 0. The van der Waals surface area contributed by atoms with Crippen LogP contribution in [-0.4, -0.2) is 22.1 Å². The molecule has 1 aliphatic carbocycles. The van der Waals surface area contributed by atoms with Crippen LogP contribution in [0.25, 0.3) is 0 Å². The molecule has 0 radical (unpaired) electrons. The van der Waals surface area contributed by atoms with Crippen LogP contribution in [0.2, 0.25) is 0 Å². The standard InChI is InChI=1S/C8H6ClF3O2/c9-7(8(10,11)12)4-2-1-3-5(7)6(13)14/h1-5H,(H,13,14). The van der Waals surface area contributed by atoms with E-state index in [0.717, 1.165) is 12.2 Å². The van der Waals surface area contributed by atoms with Crippen LogP contribution in [0.5, 0.6) is 0 Å². The van der Waals surface area contributed by atoms with Crippen LogP contribution in [0.4, 0.5) is 13.2 Å². The highest BCUT2D eigenvalue weighted by atomic mass is 35.5. The second-order valence-electron chi connectivity index (χ2n) is 2.83. The van der Waals surface area contributed by atoms with E-state index in [-0.39, 0.29) is 0 Å². The van der Waals surface area contributed by atoms with Crippen LogP contribution in [0.15, 0.2) is 24.3 Å². The number of allylic oxidation sites excluding steroid dienone is 3. The predicted molar refractivity (Wildman–Crippen MR) is 44.0 cm³/mol. The molecule has 2 atom stereocenters. The Morgan fingerprint density at radius 1 is 1.43 bits per heavy atom. The van der Waals surface area contributed by atoms with Gasteiger partial charge in [-0.05, 0) is 0 Å². The number of alkyl halides is 4. The molecule has 1 N–H and O–H groups in total. The Hall–Kier alpha value is -0.970. The minimum atomic E-state index is -4.79. The largest absolute Gasteiger partial charge is 0.481 e. The molecule has 0 saturated carbocycles. The van der Waals surface area contributed by atoms with Crippen LogP contribution in [0.3, 0.4) is 0 Å². The van der Waals surface area contributed by atoms with Gasteiger partial charge >= 0.3 is 12.1 Å². The summed E-state index contributed by atoms with van der Waals surface area (Å²) in [6, 6.07) is 0. The lowest BCUT2D eigenvalue weighted by Crippen LogP contribution is -2.48. The number of hydrogen-bond donors (Lipinski definition) is 1. The molecule has 0 spiro atoms. The first kappa shape index (κ1) is 11.1. The van der Waals surface area contributed by atoms with Gasteiger partial charge in [0, 0.05) is 0 Å². The van der Waals surface area contributed by atoms with Crippen LogP contribution < -0.4 is 0 Å². The fourth-order valence-electron chi connectivity index (χ4n) is 1.15. The highest BCUT2D eigenvalue weighted by molar-refractivity contribution is 6.27. The summed E-state index contributed by atoms with van der Waals surface area (Å²) in [6.45, 7) is 0. The van der Waals surface area contributed by atoms with E-state index >= 15 is 0 Å². The molecule has 0 aromatic rings. The third kappa shape index (κ3) is 1.64. The van der Waals surface area contributed by atoms with Gasteiger partial charge in [0.2, 0.25) is 0 Å². The molecule has 0 saturated heterocycles. The maximum atomic E-state index is 12.5. The summed E-state index contributed by atoms with van der Waals surface area (Å²) >= 11 is 5.27. The van der Waals surface area contributed by atoms with Gasteiger partial charge < -0.3 is 5.11 Å². The zero-order valence-electron chi connectivity index (χ0n) is 6.75. The van der Waals surface area contributed by atoms with Gasteiger partial charge in [0.1, 0.15) is 5.92 Å². The van der Waals surface area contributed by atoms with Crippen molar-refractivity contribution in [3.05, 3.63) is 24.3 Å². The maximum absolute atomic E-state index is 12.5. The van der Waals surface area contributed by atoms with Crippen molar-refractivity contribution in [2.45, 2.75) is 11.1 Å². The van der Waals surface area contributed by atoms with Crippen molar-refractivity contribution in [2.75, 3.05) is 0 Å². The molecule has 6 heteroatoms. The van der Waals surface area contributed by atoms with E-state index in [1.165, 1.54) is 6.08 Å². The molecule has 0 aliphatic heterocycles. The topological polar surface area (TPSA) is 37.3 Å². The molecule has 1 aliphatic rings. The van der Waals surface area contributed by atoms with E-state index in [9.17, 15) is 18.0 Å². The molecule has 2 nitrogen and oxygen atoms in total. The lowest BCUT2D eigenvalue weighted by Gasteiger charge is -2.31. The molecule has 0 heterocycles. The molecule has 0 bridgehead atoms. The predicted octanol–water partition coefficient (Wildman–Crippen LogP) is 2.35.